The smallest absolute Gasteiger partial charge is 0.231 e. The molecule has 0 atom stereocenters. The van der Waals surface area contributed by atoms with Crippen LogP contribution >= 0.6 is 23.2 Å². The van der Waals surface area contributed by atoms with Gasteiger partial charge in [-0.25, -0.2) is 0 Å². The molecule has 4 nitrogen and oxygen atoms in total. The van der Waals surface area contributed by atoms with Gasteiger partial charge in [0.05, 0.1) is 21.2 Å². The van der Waals surface area contributed by atoms with Crippen LogP contribution in [0.5, 0.6) is 11.5 Å². The van der Waals surface area contributed by atoms with Crippen LogP contribution in [-0.4, -0.2) is 17.4 Å². The van der Waals surface area contributed by atoms with Crippen LogP contribution in [0.2, 0.25) is 10.0 Å². The van der Waals surface area contributed by atoms with Gasteiger partial charge in [-0.3, -0.25) is 9.69 Å². The van der Waals surface area contributed by atoms with Crippen LogP contribution in [0.4, 0.5) is 0 Å². The van der Waals surface area contributed by atoms with Crippen molar-refractivity contribution in [2.75, 3.05) is 6.73 Å². The molecular weight excluding hydrogens is 433 g/mol. The van der Waals surface area contributed by atoms with E-state index in [1.807, 2.05) is 49.4 Å². The van der Waals surface area contributed by atoms with Crippen molar-refractivity contribution in [3.05, 3.63) is 98.2 Å². The molecule has 0 radical (unpaired) electrons. The number of hydrogen-bond donors (Lipinski definition) is 0. The van der Waals surface area contributed by atoms with E-state index in [1.165, 1.54) is 0 Å². The van der Waals surface area contributed by atoms with Crippen molar-refractivity contribution in [2.24, 2.45) is 0 Å². The first-order valence-electron chi connectivity index (χ1n) is 9.94. The zero-order valence-corrected chi connectivity index (χ0v) is 18.3. The Bertz CT molecular complexity index is 1240. The summed E-state index contributed by atoms with van der Waals surface area (Å²) in [7, 11) is 0. The molecule has 3 aromatic carbocycles. The summed E-state index contributed by atoms with van der Waals surface area (Å²) < 4.78 is 12.0. The van der Waals surface area contributed by atoms with E-state index >= 15 is 0 Å². The van der Waals surface area contributed by atoms with Gasteiger partial charge in [0.25, 0.3) is 0 Å². The first-order chi connectivity index (χ1) is 15.0. The Kier molecular flexibility index (Phi) is 5.22. The van der Waals surface area contributed by atoms with Crippen molar-refractivity contribution in [1.29, 1.82) is 0 Å². The van der Waals surface area contributed by atoms with Crippen LogP contribution in [0, 0.1) is 6.92 Å². The summed E-state index contributed by atoms with van der Waals surface area (Å²) >= 11 is 12.2. The van der Waals surface area contributed by atoms with Crippen molar-refractivity contribution in [3.8, 4) is 11.5 Å². The molecule has 0 unspecified atom stereocenters. The molecule has 0 bridgehead atoms. The minimum atomic E-state index is -0.109. The Morgan fingerprint density at radius 1 is 1.06 bits per heavy atom. The van der Waals surface area contributed by atoms with Crippen molar-refractivity contribution in [1.82, 2.24) is 4.90 Å². The fourth-order valence-electron chi connectivity index (χ4n) is 3.89. The fourth-order valence-corrected chi connectivity index (χ4v) is 4.21. The minimum absolute atomic E-state index is 0.109. The number of ether oxygens (including phenoxy) is 2. The highest BCUT2D eigenvalue weighted by molar-refractivity contribution is 6.42. The van der Waals surface area contributed by atoms with Gasteiger partial charge in [0.15, 0.2) is 5.76 Å². The second-order valence-corrected chi connectivity index (χ2v) is 8.54. The summed E-state index contributed by atoms with van der Waals surface area (Å²) in [5.74, 6) is 1.55. The number of aryl methyl sites for hydroxylation is 1. The molecule has 5 rings (SSSR count). The van der Waals surface area contributed by atoms with Gasteiger partial charge < -0.3 is 9.47 Å². The van der Waals surface area contributed by atoms with Gasteiger partial charge in [-0.05, 0) is 54.0 Å². The molecule has 0 saturated heterocycles. The molecule has 0 amide bonds. The third kappa shape index (κ3) is 3.83. The fraction of sp³-hybridized carbons (Fsp3) is 0.160. The molecular formula is C25H19Cl2NO3. The lowest BCUT2D eigenvalue weighted by Crippen LogP contribution is -2.31. The Morgan fingerprint density at radius 2 is 1.90 bits per heavy atom. The van der Waals surface area contributed by atoms with E-state index in [0.29, 0.717) is 46.9 Å². The summed E-state index contributed by atoms with van der Waals surface area (Å²) in [6, 6.07) is 17.1. The molecule has 0 saturated carbocycles. The third-order valence-electron chi connectivity index (χ3n) is 5.55. The predicted molar refractivity (Wildman–Crippen MR) is 122 cm³/mol. The van der Waals surface area contributed by atoms with Crippen LogP contribution in [0.15, 0.2) is 60.4 Å². The summed E-state index contributed by atoms with van der Waals surface area (Å²) in [4.78, 5) is 15.1. The predicted octanol–water partition coefficient (Wildman–Crippen LogP) is 6.27. The molecule has 31 heavy (non-hydrogen) atoms. The molecule has 0 aliphatic carbocycles. The number of fused-ring (bicyclic) bond motifs is 3. The monoisotopic (exact) mass is 451 g/mol. The van der Waals surface area contributed by atoms with Crippen molar-refractivity contribution in [3.63, 3.8) is 0 Å². The molecule has 0 N–H and O–H groups in total. The molecule has 0 fully saturated rings. The number of nitrogens with zero attached hydrogens (tertiary/aromatic N) is 1. The number of carbonyl (C=O) groups is 1. The SMILES string of the molecule is Cc1ccccc1/C=C1\Oc2c(ccc3c2CN(Cc2ccc(Cl)c(Cl)c2)CO3)C1=O. The van der Waals surface area contributed by atoms with Crippen molar-refractivity contribution in [2.45, 2.75) is 20.0 Å². The zero-order chi connectivity index (χ0) is 21.5. The Balaban J connectivity index is 1.43. The second kappa shape index (κ2) is 8.04. The highest BCUT2D eigenvalue weighted by atomic mass is 35.5. The van der Waals surface area contributed by atoms with Crippen molar-refractivity contribution >= 4 is 35.1 Å². The lowest BCUT2D eigenvalue weighted by atomic mass is 10.0. The van der Waals surface area contributed by atoms with Crippen LogP contribution in [0.3, 0.4) is 0 Å². The maximum atomic E-state index is 13.0. The second-order valence-electron chi connectivity index (χ2n) is 7.72. The van der Waals surface area contributed by atoms with Crippen molar-refractivity contribution < 1.29 is 14.3 Å². The van der Waals surface area contributed by atoms with Gasteiger partial charge in [-0.1, -0.05) is 53.5 Å². The van der Waals surface area contributed by atoms with Crippen LogP contribution in [-0.2, 0) is 13.1 Å². The Labute approximate surface area is 190 Å². The molecule has 6 heteroatoms. The van der Waals surface area contributed by atoms with Crippen LogP contribution in [0.25, 0.3) is 6.08 Å². The van der Waals surface area contributed by atoms with Crippen LogP contribution in [0.1, 0.15) is 32.6 Å². The number of ketones is 1. The first-order valence-corrected chi connectivity index (χ1v) is 10.7. The maximum absolute atomic E-state index is 13.0. The normalized spacial score (nSPS) is 16.6. The zero-order valence-electron chi connectivity index (χ0n) is 16.8. The summed E-state index contributed by atoms with van der Waals surface area (Å²) in [5.41, 5.74) is 4.53. The largest absolute Gasteiger partial charge is 0.478 e. The number of halogens is 2. The van der Waals surface area contributed by atoms with Gasteiger partial charge in [0, 0.05) is 13.1 Å². The number of carbonyl (C=O) groups excluding carboxylic acids is 1. The highest BCUT2D eigenvalue weighted by Gasteiger charge is 2.33. The van der Waals surface area contributed by atoms with E-state index in [-0.39, 0.29) is 5.78 Å². The molecule has 0 spiro atoms. The number of benzene rings is 3. The topological polar surface area (TPSA) is 38.8 Å². The molecule has 156 valence electrons. The summed E-state index contributed by atoms with van der Waals surface area (Å²) in [6.07, 6.45) is 1.81. The standard InChI is InChI=1S/C25H19Cl2NO3/c1-15-4-2-3-5-17(15)11-23-24(29)18-7-9-22-19(25(18)31-23)13-28(14-30-22)12-16-6-8-20(26)21(27)10-16/h2-11H,12-14H2,1H3/b23-11-. The van der Waals surface area contributed by atoms with Gasteiger partial charge >= 0.3 is 0 Å². The molecule has 2 aliphatic heterocycles. The number of rotatable bonds is 3. The van der Waals surface area contributed by atoms with Gasteiger partial charge in [-0.2, -0.15) is 0 Å². The first kappa shape index (κ1) is 20.1. The Hall–Kier alpha value is -2.79. The van der Waals surface area contributed by atoms with E-state index in [1.54, 1.807) is 18.2 Å². The highest BCUT2D eigenvalue weighted by Crippen LogP contribution is 2.42. The lowest BCUT2D eigenvalue weighted by Gasteiger charge is -2.29. The van der Waals surface area contributed by atoms with E-state index in [0.717, 1.165) is 28.0 Å². The van der Waals surface area contributed by atoms with Gasteiger partial charge in [0.2, 0.25) is 5.78 Å². The number of hydrogen-bond acceptors (Lipinski definition) is 4. The average Bonchev–Trinajstić information content (AvgIpc) is 3.08. The molecule has 3 aromatic rings. The summed E-state index contributed by atoms with van der Waals surface area (Å²) in [5, 5.41) is 1.06. The van der Waals surface area contributed by atoms with Gasteiger partial charge in [-0.15, -0.1) is 0 Å². The van der Waals surface area contributed by atoms with Gasteiger partial charge in [0.1, 0.15) is 18.2 Å². The van der Waals surface area contributed by atoms with Crippen LogP contribution < -0.4 is 9.47 Å². The Morgan fingerprint density at radius 3 is 2.71 bits per heavy atom. The lowest BCUT2D eigenvalue weighted by molar-refractivity contribution is 0.0873. The minimum Gasteiger partial charge on any atom is -0.478 e. The summed E-state index contributed by atoms with van der Waals surface area (Å²) in [6.45, 7) is 3.69. The number of allylic oxidation sites excluding steroid dienone is 1. The number of Topliss-reactive ketones (excluding diaryl/α,β-unsaturated/α-hetero) is 1. The third-order valence-corrected chi connectivity index (χ3v) is 6.29. The van der Waals surface area contributed by atoms with E-state index in [4.69, 9.17) is 32.7 Å². The molecule has 0 aromatic heterocycles. The molecule has 2 aliphatic rings. The maximum Gasteiger partial charge on any atom is 0.231 e. The molecule has 2 heterocycles. The van der Waals surface area contributed by atoms with E-state index in [2.05, 4.69) is 4.90 Å². The van der Waals surface area contributed by atoms with E-state index in [9.17, 15) is 4.79 Å². The quantitative estimate of drug-likeness (QED) is 0.439. The average molecular weight is 452 g/mol. The van der Waals surface area contributed by atoms with E-state index < -0.39 is 0 Å².